The topological polar surface area (TPSA) is 29.5 Å². The van der Waals surface area contributed by atoms with Crippen molar-refractivity contribution >= 4 is 28.2 Å². The fourth-order valence-corrected chi connectivity index (χ4v) is 6.02. The normalized spacial score (nSPS) is 14.1. The first-order valence-corrected chi connectivity index (χ1v) is 10.8. The fraction of sp³-hybridized carbons (Fsp3) is 0.174. The third kappa shape index (κ3) is 4.39. The molecule has 0 N–H and O–H groups in total. The quantitative estimate of drug-likeness (QED) is 0.241. The molecule has 0 fully saturated rings. The summed E-state index contributed by atoms with van der Waals surface area (Å²) in [5, 5.41) is 0. The first-order chi connectivity index (χ1) is 15.5. The van der Waals surface area contributed by atoms with Crippen molar-refractivity contribution in [3.05, 3.63) is 78.4 Å². The van der Waals surface area contributed by atoms with Crippen molar-refractivity contribution in [2.24, 2.45) is 0 Å². The number of ether oxygens (including phenoxy) is 1. The lowest BCUT2D eigenvalue weighted by Gasteiger charge is -2.28. The number of alkyl halides is 6. The lowest BCUT2D eigenvalue weighted by atomic mass is 10.2. The molecule has 0 aliphatic carbocycles. The zero-order valence-electron chi connectivity index (χ0n) is 16.9. The zero-order valence-corrected chi connectivity index (χ0v) is 17.8. The highest BCUT2D eigenvalue weighted by molar-refractivity contribution is 7.97. The maximum Gasteiger partial charge on any atom is 0.434 e. The molecule has 1 heterocycles. The molecule has 3 aromatic carbocycles. The van der Waals surface area contributed by atoms with Crippen molar-refractivity contribution in [3.63, 3.8) is 0 Å². The molecular formula is C23H16F6NO2S+. The van der Waals surface area contributed by atoms with Crippen LogP contribution in [0, 0.1) is 0 Å². The standard InChI is InChI=1S/C23H16F6NO2S/c1-30-16-9-2-4-11-18(16)33(19-12-5-3-10-17(19)30)15-8-6-7-14(13-15)20(31)32-21(22(24,25)26)23(27,28)29/h2-13,21H,1H3/q+1. The van der Waals surface area contributed by atoms with Gasteiger partial charge in [0.25, 0.3) is 6.10 Å². The molecule has 0 amide bonds. The minimum atomic E-state index is -5.78. The van der Waals surface area contributed by atoms with Crippen LogP contribution in [0.15, 0.2) is 87.5 Å². The Morgan fingerprint density at radius 2 is 1.33 bits per heavy atom. The van der Waals surface area contributed by atoms with Gasteiger partial charge in [0.05, 0.1) is 16.9 Å². The second-order valence-electron chi connectivity index (χ2n) is 7.20. The Kier molecular flexibility index (Phi) is 5.81. The highest BCUT2D eigenvalue weighted by Gasteiger charge is 2.60. The summed E-state index contributed by atoms with van der Waals surface area (Å²) in [6, 6.07) is 20.6. The van der Waals surface area contributed by atoms with Crippen molar-refractivity contribution in [1.82, 2.24) is 0 Å². The second kappa shape index (κ2) is 8.33. The van der Waals surface area contributed by atoms with Crippen molar-refractivity contribution in [2.45, 2.75) is 33.1 Å². The van der Waals surface area contributed by atoms with E-state index in [0.29, 0.717) is 4.90 Å². The predicted octanol–water partition coefficient (Wildman–Crippen LogP) is 6.51. The van der Waals surface area contributed by atoms with Crippen LogP contribution in [0.1, 0.15) is 10.4 Å². The highest BCUT2D eigenvalue weighted by atomic mass is 32.2. The van der Waals surface area contributed by atoms with Crippen molar-refractivity contribution < 1.29 is 35.9 Å². The van der Waals surface area contributed by atoms with E-state index in [1.165, 1.54) is 12.1 Å². The van der Waals surface area contributed by atoms with Crippen LogP contribution in [-0.2, 0) is 15.6 Å². The number of esters is 1. The molecule has 0 spiro atoms. The first kappa shape index (κ1) is 23.0. The Hall–Kier alpha value is -3.14. The summed E-state index contributed by atoms with van der Waals surface area (Å²) in [5.74, 6) is -1.70. The van der Waals surface area contributed by atoms with Crippen molar-refractivity contribution in [2.75, 3.05) is 11.9 Å². The Morgan fingerprint density at radius 3 is 1.85 bits per heavy atom. The third-order valence-electron chi connectivity index (χ3n) is 5.02. The molecule has 1 aliphatic rings. The van der Waals surface area contributed by atoms with Gasteiger partial charge in [0, 0.05) is 13.1 Å². The zero-order chi connectivity index (χ0) is 24.0. The van der Waals surface area contributed by atoms with Crippen molar-refractivity contribution in [1.29, 1.82) is 0 Å². The van der Waals surface area contributed by atoms with E-state index in [-0.39, 0.29) is 0 Å². The number of para-hydroxylation sites is 2. The molecule has 0 aromatic heterocycles. The van der Waals surface area contributed by atoms with Gasteiger partial charge in [0.15, 0.2) is 14.7 Å². The highest BCUT2D eigenvalue weighted by Crippen LogP contribution is 2.47. The summed E-state index contributed by atoms with van der Waals surface area (Å²) in [5.41, 5.74) is 1.41. The molecule has 0 unspecified atom stereocenters. The summed E-state index contributed by atoms with van der Waals surface area (Å²) in [4.78, 5) is 16.7. The Morgan fingerprint density at radius 1 is 0.818 bits per heavy atom. The number of carbonyl (C=O) groups excluding carboxylic acids is 1. The molecule has 3 nitrogen and oxygen atoms in total. The van der Waals surface area contributed by atoms with Crippen LogP contribution >= 0.6 is 0 Å². The van der Waals surface area contributed by atoms with Gasteiger partial charge in [0.2, 0.25) is 0 Å². The van der Waals surface area contributed by atoms with E-state index in [1.54, 1.807) is 6.07 Å². The Balaban J connectivity index is 1.75. The van der Waals surface area contributed by atoms with Crippen LogP contribution in [0.2, 0.25) is 0 Å². The number of halogens is 6. The Labute approximate surface area is 187 Å². The second-order valence-corrected chi connectivity index (χ2v) is 9.16. The minimum Gasteiger partial charge on any atom is -0.439 e. The van der Waals surface area contributed by atoms with Gasteiger partial charge >= 0.3 is 18.3 Å². The number of rotatable bonds is 3. The average molecular weight is 484 g/mol. The summed E-state index contributed by atoms with van der Waals surface area (Å²) in [6.45, 7) is 0. The van der Waals surface area contributed by atoms with E-state index in [1.807, 2.05) is 60.5 Å². The van der Waals surface area contributed by atoms with Crippen molar-refractivity contribution in [3.8, 4) is 0 Å². The molecule has 33 heavy (non-hydrogen) atoms. The fourth-order valence-electron chi connectivity index (χ4n) is 3.56. The van der Waals surface area contributed by atoms with Crippen LogP contribution < -0.4 is 4.90 Å². The number of benzene rings is 3. The van der Waals surface area contributed by atoms with Crippen LogP contribution in [0.4, 0.5) is 37.7 Å². The van der Waals surface area contributed by atoms with Gasteiger partial charge in [0.1, 0.15) is 10.9 Å². The van der Waals surface area contributed by atoms with Gasteiger partial charge in [-0.3, -0.25) is 0 Å². The monoisotopic (exact) mass is 484 g/mol. The third-order valence-corrected chi connectivity index (χ3v) is 7.31. The minimum absolute atomic E-state index is 0.396. The van der Waals surface area contributed by atoms with Gasteiger partial charge in [-0.2, -0.15) is 26.3 Å². The largest absolute Gasteiger partial charge is 0.439 e. The maximum absolute atomic E-state index is 12.8. The van der Waals surface area contributed by atoms with Gasteiger partial charge < -0.3 is 9.64 Å². The van der Waals surface area contributed by atoms with E-state index < -0.39 is 40.9 Å². The number of fused-ring (bicyclic) bond motifs is 2. The van der Waals surface area contributed by atoms with Crippen LogP contribution in [0.5, 0.6) is 0 Å². The molecule has 0 atom stereocenters. The van der Waals surface area contributed by atoms with Gasteiger partial charge in [-0.15, -0.1) is 0 Å². The SMILES string of the molecule is CN1c2ccccc2[S+](c2cccc(C(=O)OC(C(F)(F)F)C(F)(F)F)c2)c2ccccc21. The number of hydrogen-bond donors (Lipinski definition) is 0. The number of carbonyl (C=O) groups is 1. The molecule has 1 aliphatic heterocycles. The molecule has 0 saturated carbocycles. The van der Waals surface area contributed by atoms with E-state index >= 15 is 0 Å². The molecule has 172 valence electrons. The molecule has 3 aromatic rings. The number of anilines is 2. The van der Waals surface area contributed by atoms with Gasteiger partial charge in [-0.25, -0.2) is 4.79 Å². The van der Waals surface area contributed by atoms with Gasteiger partial charge in [-0.1, -0.05) is 30.3 Å². The number of hydrogen-bond acceptors (Lipinski definition) is 3. The molecule has 0 saturated heterocycles. The molecular weight excluding hydrogens is 468 g/mol. The molecule has 10 heteroatoms. The predicted molar refractivity (Wildman–Crippen MR) is 111 cm³/mol. The van der Waals surface area contributed by atoms with Crippen LogP contribution in [0.3, 0.4) is 0 Å². The number of nitrogens with zero attached hydrogens (tertiary/aromatic N) is 1. The van der Waals surface area contributed by atoms with E-state index in [9.17, 15) is 31.1 Å². The van der Waals surface area contributed by atoms with E-state index in [4.69, 9.17) is 0 Å². The Bertz CT molecular complexity index is 1130. The van der Waals surface area contributed by atoms with Gasteiger partial charge in [-0.05, 0) is 36.4 Å². The molecule has 0 radical (unpaired) electrons. The molecule has 0 bridgehead atoms. The molecule has 4 rings (SSSR count). The summed E-state index contributed by atoms with van der Waals surface area (Å²) in [7, 11) is 1.16. The lowest BCUT2D eigenvalue weighted by Crippen LogP contribution is -2.45. The average Bonchev–Trinajstić information content (AvgIpc) is 2.76. The summed E-state index contributed by atoms with van der Waals surface area (Å²) < 4.78 is 80.8. The maximum atomic E-state index is 12.8. The lowest BCUT2D eigenvalue weighted by molar-refractivity contribution is -0.307. The van der Waals surface area contributed by atoms with Crippen LogP contribution in [-0.4, -0.2) is 31.5 Å². The summed E-state index contributed by atoms with van der Waals surface area (Å²) in [6.07, 6.45) is -15.8. The van der Waals surface area contributed by atoms with Crippen LogP contribution in [0.25, 0.3) is 0 Å². The van der Waals surface area contributed by atoms with E-state index in [0.717, 1.165) is 27.2 Å². The van der Waals surface area contributed by atoms with E-state index in [2.05, 4.69) is 4.74 Å². The first-order valence-electron chi connectivity index (χ1n) is 9.59. The smallest absolute Gasteiger partial charge is 0.434 e. The summed E-state index contributed by atoms with van der Waals surface area (Å²) >= 11 is 0.